The van der Waals surface area contributed by atoms with Crippen LogP contribution in [-0.4, -0.2) is 32.0 Å². The molecular weight excluding hydrogens is 394 g/mol. The highest BCUT2D eigenvalue weighted by Crippen LogP contribution is 2.39. The van der Waals surface area contributed by atoms with E-state index in [2.05, 4.69) is 21.6 Å². The molecule has 1 aliphatic carbocycles. The number of hydrogen-bond acceptors (Lipinski definition) is 5. The molecule has 1 N–H and O–H groups in total. The van der Waals surface area contributed by atoms with E-state index in [1.807, 2.05) is 66.1 Å². The minimum Gasteiger partial charge on any atom is -0.337 e. The van der Waals surface area contributed by atoms with Gasteiger partial charge in [-0.05, 0) is 44.7 Å². The quantitative estimate of drug-likeness (QED) is 0.584. The van der Waals surface area contributed by atoms with Crippen LogP contribution in [0.25, 0.3) is 17.1 Å². The van der Waals surface area contributed by atoms with Crippen molar-refractivity contribution in [2.75, 3.05) is 5.75 Å². The predicted molar refractivity (Wildman–Crippen MR) is 117 cm³/mol. The third kappa shape index (κ3) is 4.24. The summed E-state index contributed by atoms with van der Waals surface area (Å²) in [4.78, 5) is 12.6. The van der Waals surface area contributed by atoms with Crippen molar-refractivity contribution in [3.8, 4) is 23.1 Å². The molecule has 1 aromatic heterocycles. The van der Waals surface area contributed by atoms with Crippen LogP contribution in [0.4, 0.5) is 0 Å². The summed E-state index contributed by atoms with van der Waals surface area (Å²) in [6, 6.07) is 20.3. The van der Waals surface area contributed by atoms with Crippen LogP contribution in [0, 0.1) is 24.2 Å². The SMILES string of the molecule is Cc1ccc(-n2c(SCC(=O)NC(C)(C#N)C3CC3)nnc2-c2ccccc2)cc1. The third-order valence-electron chi connectivity index (χ3n) is 5.32. The average Bonchev–Trinajstić information content (AvgIpc) is 3.54. The number of carbonyl (C=O) groups is 1. The van der Waals surface area contributed by atoms with Gasteiger partial charge in [0.25, 0.3) is 0 Å². The summed E-state index contributed by atoms with van der Waals surface area (Å²) in [6.07, 6.45) is 1.97. The van der Waals surface area contributed by atoms with E-state index < -0.39 is 5.54 Å². The Balaban J connectivity index is 1.59. The first-order valence-electron chi connectivity index (χ1n) is 9.93. The molecule has 0 aliphatic heterocycles. The highest BCUT2D eigenvalue weighted by Gasteiger charge is 2.43. The van der Waals surface area contributed by atoms with Gasteiger partial charge in [0.15, 0.2) is 11.0 Å². The number of amides is 1. The number of aromatic nitrogens is 3. The molecule has 0 bridgehead atoms. The van der Waals surface area contributed by atoms with E-state index in [1.165, 1.54) is 11.8 Å². The number of rotatable bonds is 7. The van der Waals surface area contributed by atoms with Gasteiger partial charge in [0, 0.05) is 11.3 Å². The number of carbonyl (C=O) groups excluding carboxylic acids is 1. The van der Waals surface area contributed by atoms with Gasteiger partial charge in [-0.15, -0.1) is 10.2 Å². The zero-order chi connectivity index (χ0) is 21.1. The lowest BCUT2D eigenvalue weighted by molar-refractivity contribution is -0.119. The van der Waals surface area contributed by atoms with Crippen molar-refractivity contribution in [1.29, 1.82) is 5.26 Å². The molecule has 1 amide bonds. The molecule has 0 saturated heterocycles. The molecule has 2 aromatic carbocycles. The smallest absolute Gasteiger partial charge is 0.231 e. The monoisotopic (exact) mass is 417 g/mol. The Bertz CT molecular complexity index is 1080. The first-order chi connectivity index (χ1) is 14.5. The topological polar surface area (TPSA) is 83.6 Å². The summed E-state index contributed by atoms with van der Waals surface area (Å²) >= 11 is 1.32. The summed E-state index contributed by atoms with van der Waals surface area (Å²) < 4.78 is 1.97. The average molecular weight is 418 g/mol. The molecule has 0 spiro atoms. The molecule has 152 valence electrons. The summed E-state index contributed by atoms with van der Waals surface area (Å²) in [5, 5.41) is 21.8. The zero-order valence-electron chi connectivity index (χ0n) is 17.0. The largest absolute Gasteiger partial charge is 0.337 e. The molecule has 1 atom stereocenters. The molecule has 1 saturated carbocycles. The van der Waals surface area contributed by atoms with Gasteiger partial charge in [-0.25, -0.2) is 0 Å². The highest BCUT2D eigenvalue weighted by molar-refractivity contribution is 7.99. The molecule has 1 aliphatic rings. The fourth-order valence-corrected chi connectivity index (χ4v) is 4.15. The van der Waals surface area contributed by atoms with Crippen molar-refractivity contribution in [3.05, 3.63) is 60.2 Å². The number of aryl methyl sites for hydroxylation is 1. The third-order valence-corrected chi connectivity index (χ3v) is 6.24. The van der Waals surface area contributed by atoms with Crippen molar-refractivity contribution in [1.82, 2.24) is 20.1 Å². The molecule has 30 heavy (non-hydrogen) atoms. The predicted octanol–water partition coefficient (Wildman–Crippen LogP) is 4.14. The van der Waals surface area contributed by atoms with Gasteiger partial charge < -0.3 is 5.32 Å². The van der Waals surface area contributed by atoms with Crippen LogP contribution >= 0.6 is 11.8 Å². The second kappa shape index (κ2) is 8.33. The van der Waals surface area contributed by atoms with Crippen LogP contribution in [-0.2, 0) is 4.79 Å². The van der Waals surface area contributed by atoms with Crippen LogP contribution in [0.5, 0.6) is 0 Å². The lowest BCUT2D eigenvalue weighted by Gasteiger charge is -2.22. The van der Waals surface area contributed by atoms with Gasteiger partial charge in [-0.3, -0.25) is 9.36 Å². The van der Waals surface area contributed by atoms with Crippen LogP contribution in [0.2, 0.25) is 0 Å². The van der Waals surface area contributed by atoms with Crippen molar-refractivity contribution in [2.45, 2.75) is 37.4 Å². The Hall–Kier alpha value is -3.11. The lowest BCUT2D eigenvalue weighted by Crippen LogP contribution is -2.47. The molecule has 6 nitrogen and oxygen atoms in total. The number of thioether (sulfide) groups is 1. The van der Waals surface area contributed by atoms with Gasteiger partial charge in [-0.1, -0.05) is 59.8 Å². The van der Waals surface area contributed by atoms with Gasteiger partial charge >= 0.3 is 0 Å². The van der Waals surface area contributed by atoms with Gasteiger partial charge in [0.05, 0.1) is 11.8 Å². The van der Waals surface area contributed by atoms with E-state index in [-0.39, 0.29) is 17.6 Å². The molecule has 7 heteroatoms. The lowest BCUT2D eigenvalue weighted by atomic mass is 9.98. The molecule has 1 heterocycles. The highest BCUT2D eigenvalue weighted by atomic mass is 32.2. The molecule has 0 radical (unpaired) electrons. The minimum absolute atomic E-state index is 0.169. The standard InChI is InChI=1S/C23H23N5OS/c1-16-8-12-19(13-9-16)28-21(17-6-4-3-5-7-17)26-27-22(28)30-14-20(29)25-23(2,15-24)18-10-11-18/h3-9,12-13,18H,10-11,14H2,1-2H3,(H,25,29). The molecular formula is C23H23N5OS. The fourth-order valence-electron chi connectivity index (χ4n) is 3.40. The Morgan fingerprint density at radius 2 is 1.90 bits per heavy atom. The maximum atomic E-state index is 12.6. The maximum Gasteiger partial charge on any atom is 0.231 e. The summed E-state index contributed by atoms with van der Waals surface area (Å²) in [6.45, 7) is 3.84. The fraction of sp³-hybridized carbons (Fsp3) is 0.304. The van der Waals surface area contributed by atoms with E-state index in [9.17, 15) is 10.1 Å². The van der Waals surface area contributed by atoms with E-state index in [0.29, 0.717) is 5.16 Å². The zero-order valence-corrected chi connectivity index (χ0v) is 17.8. The Morgan fingerprint density at radius 1 is 1.20 bits per heavy atom. The van der Waals surface area contributed by atoms with Gasteiger partial charge in [0.1, 0.15) is 5.54 Å². The summed E-state index contributed by atoms with van der Waals surface area (Å²) in [5.41, 5.74) is 2.26. The van der Waals surface area contributed by atoms with Gasteiger partial charge in [-0.2, -0.15) is 5.26 Å². The Morgan fingerprint density at radius 3 is 2.53 bits per heavy atom. The second-order valence-corrected chi connectivity index (χ2v) is 8.71. The minimum atomic E-state index is -0.794. The van der Waals surface area contributed by atoms with Gasteiger partial charge in [0.2, 0.25) is 5.91 Å². The second-order valence-electron chi connectivity index (χ2n) is 7.77. The molecule has 1 fully saturated rings. The first kappa shape index (κ1) is 20.2. The normalized spacial score (nSPS) is 15.2. The van der Waals surface area contributed by atoms with E-state index in [4.69, 9.17) is 0 Å². The Labute approximate surface area is 180 Å². The van der Waals surface area contributed by atoms with Crippen molar-refractivity contribution in [3.63, 3.8) is 0 Å². The molecule has 4 rings (SSSR count). The molecule has 1 unspecified atom stereocenters. The number of hydrogen-bond donors (Lipinski definition) is 1. The maximum absolute atomic E-state index is 12.6. The Kier molecular flexibility index (Phi) is 5.60. The van der Waals surface area contributed by atoms with Crippen molar-refractivity contribution in [2.24, 2.45) is 5.92 Å². The van der Waals surface area contributed by atoms with E-state index in [1.54, 1.807) is 6.92 Å². The van der Waals surface area contributed by atoms with E-state index >= 15 is 0 Å². The van der Waals surface area contributed by atoms with Crippen molar-refractivity contribution >= 4 is 17.7 Å². The van der Waals surface area contributed by atoms with Crippen LogP contribution in [0.1, 0.15) is 25.3 Å². The van der Waals surface area contributed by atoms with E-state index in [0.717, 1.165) is 35.5 Å². The van der Waals surface area contributed by atoms with Crippen molar-refractivity contribution < 1.29 is 4.79 Å². The summed E-state index contributed by atoms with van der Waals surface area (Å²) in [5.74, 6) is 0.971. The van der Waals surface area contributed by atoms with Crippen LogP contribution < -0.4 is 5.32 Å². The number of nitriles is 1. The van der Waals surface area contributed by atoms with Crippen LogP contribution in [0.3, 0.4) is 0 Å². The van der Waals surface area contributed by atoms with Crippen LogP contribution in [0.15, 0.2) is 59.8 Å². The number of nitrogens with zero attached hydrogens (tertiary/aromatic N) is 4. The summed E-state index contributed by atoms with van der Waals surface area (Å²) in [7, 11) is 0. The number of benzene rings is 2. The molecule has 3 aromatic rings. The first-order valence-corrected chi connectivity index (χ1v) is 10.9. The number of nitrogens with one attached hydrogen (secondary N) is 1.